The molecule has 13 heteroatoms. The van der Waals surface area contributed by atoms with Gasteiger partial charge in [0, 0.05) is 33.9 Å². The van der Waals surface area contributed by atoms with Crippen LogP contribution < -0.4 is 0 Å². The molecule has 13 nitrogen and oxygen atoms in total. The zero-order chi connectivity index (χ0) is 42.7. The van der Waals surface area contributed by atoms with Crippen LogP contribution in [0.4, 0.5) is 4.79 Å². The van der Waals surface area contributed by atoms with Gasteiger partial charge < -0.3 is 52.8 Å². The van der Waals surface area contributed by atoms with Crippen molar-refractivity contribution in [2.24, 2.45) is 0 Å². The molecule has 2 amide bonds. The maximum atomic E-state index is 15.7. The van der Waals surface area contributed by atoms with Crippen LogP contribution in [0.1, 0.15) is 57.4 Å². The molecule has 0 aliphatic carbocycles. The minimum Gasteiger partial charge on any atom is -0.478 e. The van der Waals surface area contributed by atoms with Crippen LogP contribution in [0.15, 0.2) is 109 Å². The van der Waals surface area contributed by atoms with Crippen molar-refractivity contribution in [3.8, 4) is 0 Å². The topological polar surface area (TPSA) is 135 Å². The lowest BCUT2D eigenvalue weighted by Gasteiger charge is -2.38. The number of hydrogen-bond donors (Lipinski definition) is 1. The van der Waals surface area contributed by atoms with Crippen molar-refractivity contribution in [1.29, 1.82) is 0 Å². The van der Waals surface area contributed by atoms with E-state index in [1.807, 2.05) is 82.6 Å². The Morgan fingerprint density at radius 3 is 1.57 bits per heavy atom. The predicted molar refractivity (Wildman–Crippen MR) is 228 cm³/mol. The second-order valence-corrected chi connectivity index (χ2v) is 15.3. The molecule has 5 atom stereocenters. The molecule has 0 spiro atoms. The Bertz CT molecular complexity index is 1860. The smallest absolute Gasteiger partial charge is 0.335 e. The number of carboxylic acids is 1. The molecule has 61 heavy (non-hydrogen) atoms. The van der Waals surface area contributed by atoms with Crippen LogP contribution in [-0.2, 0) is 70.4 Å². The fourth-order valence-electron chi connectivity index (χ4n) is 7.76. The summed E-state index contributed by atoms with van der Waals surface area (Å²) in [7, 11) is 3.23. The molecule has 2 heterocycles. The average molecular weight is 841 g/mol. The lowest BCUT2D eigenvalue weighted by molar-refractivity contribution is -0.192. The molecule has 328 valence electrons. The van der Waals surface area contributed by atoms with Gasteiger partial charge in [0.2, 0.25) is 0 Å². The van der Waals surface area contributed by atoms with Gasteiger partial charge >= 0.3 is 12.0 Å². The predicted octanol–water partition coefficient (Wildman–Crippen LogP) is 7.10. The Balaban J connectivity index is 1.43. The fraction of sp³-hybridized carbons (Fsp3) is 0.458. The summed E-state index contributed by atoms with van der Waals surface area (Å²) >= 11 is 0. The van der Waals surface area contributed by atoms with Gasteiger partial charge in [0.25, 0.3) is 0 Å². The van der Waals surface area contributed by atoms with Gasteiger partial charge in [0.1, 0.15) is 25.8 Å². The molecule has 4 aromatic carbocycles. The maximum Gasteiger partial charge on any atom is 0.335 e. The van der Waals surface area contributed by atoms with E-state index in [1.165, 1.54) is 0 Å². The minimum absolute atomic E-state index is 0.0696. The van der Waals surface area contributed by atoms with Crippen molar-refractivity contribution in [1.82, 2.24) is 9.80 Å². The third-order valence-corrected chi connectivity index (χ3v) is 11.0. The Kier molecular flexibility index (Phi) is 18.5. The van der Waals surface area contributed by atoms with Crippen LogP contribution in [0.25, 0.3) is 0 Å². The van der Waals surface area contributed by atoms with Crippen molar-refractivity contribution in [2.75, 3.05) is 60.8 Å². The van der Waals surface area contributed by atoms with Crippen LogP contribution >= 0.6 is 0 Å². The number of carbonyl (C=O) groups is 2. The van der Waals surface area contributed by atoms with E-state index >= 15 is 4.79 Å². The Morgan fingerprint density at radius 1 is 0.623 bits per heavy atom. The Morgan fingerprint density at radius 2 is 1.11 bits per heavy atom. The Labute approximate surface area is 359 Å². The first-order chi connectivity index (χ1) is 29.9. The zero-order valence-electron chi connectivity index (χ0n) is 35.3. The quantitative estimate of drug-likeness (QED) is 0.0572. The van der Waals surface area contributed by atoms with Crippen molar-refractivity contribution in [3.05, 3.63) is 143 Å². The summed E-state index contributed by atoms with van der Waals surface area (Å²) in [4.78, 5) is 31.3. The third-order valence-electron chi connectivity index (χ3n) is 11.0. The van der Waals surface area contributed by atoms with E-state index in [-0.39, 0.29) is 44.6 Å². The van der Waals surface area contributed by atoms with Gasteiger partial charge in [0.15, 0.2) is 6.29 Å². The lowest BCUT2D eigenvalue weighted by Crippen LogP contribution is -2.53. The first-order valence-corrected chi connectivity index (χ1v) is 21.1. The highest BCUT2D eigenvalue weighted by molar-refractivity contribution is 5.87. The van der Waals surface area contributed by atoms with E-state index in [2.05, 4.69) is 12.1 Å². The van der Waals surface area contributed by atoms with Crippen LogP contribution in [0.5, 0.6) is 0 Å². The molecule has 5 unspecified atom stereocenters. The van der Waals surface area contributed by atoms with Gasteiger partial charge in [-0.05, 0) is 72.1 Å². The monoisotopic (exact) mass is 840 g/mol. The normalized spacial score (nSPS) is 20.8. The number of nitrogens with zero attached hydrogens (tertiary/aromatic N) is 2. The zero-order valence-corrected chi connectivity index (χ0v) is 35.3. The van der Waals surface area contributed by atoms with Gasteiger partial charge in [0.05, 0.1) is 50.7 Å². The Hall–Kier alpha value is -4.70. The van der Waals surface area contributed by atoms with Gasteiger partial charge in [-0.15, -0.1) is 0 Å². The molecule has 2 saturated heterocycles. The maximum absolute atomic E-state index is 15.7. The van der Waals surface area contributed by atoms with Crippen LogP contribution in [0, 0.1) is 0 Å². The van der Waals surface area contributed by atoms with Crippen molar-refractivity contribution >= 4 is 12.0 Å². The molecule has 2 aliphatic rings. The summed E-state index contributed by atoms with van der Waals surface area (Å²) in [5.41, 5.74) is 4.87. The fourth-order valence-corrected chi connectivity index (χ4v) is 7.76. The van der Waals surface area contributed by atoms with Gasteiger partial charge in [-0.2, -0.15) is 0 Å². The molecular weight excluding hydrogens is 781 g/mol. The number of carboxylic acid groups (broad SMARTS) is 1. The molecule has 4 aromatic rings. The number of urea groups is 1. The standard InChI is InChI=1S/C48H60N2O11/c1-54-25-27-56-34-60-45-42(29-36-11-5-3-6-12-36)49(31-38-16-18-40(19-17-38)33-59-44-15-9-10-24-58-44)48(53)50(32-39-20-22-41(23-21-39)47(51)52)43(30-37-13-7-4-8-14-37)46(45)61-35-57-28-26-55-2/h3-8,11-14,16-23,42-46H,9-10,15,24-35H2,1-2H3,(H,51,52). The number of methoxy groups -OCH3 is 2. The van der Waals surface area contributed by atoms with Crippen LogP contribution in [0.2, 0.25) is 0 Å². The van der Waals surface area contributed by atoms with E-state index in [9.17, 15) is 9.90 Å². The molecule has 0 aromatic heterocycles. The first-order valence-electron chi connectivity index (χ1n) is 21.1. The van der Waals surface area contributed by atoms with Gasteiger partial charge in [-0.1, -0.05) is 97.1 Å². The molecule has 2 fully saturated rings. The van der Waals surface area contributed by atoms with Crippen molar-refractivity contribution in [3.63, 3.8) is 0 Å². The largest absolute Gasteiger partial charge is 0.478 e. The molecule has 0 saturated carbocycles. The molecule has 0 bridgehead atoms. The number of amides is 2. The van der Waals surface area contributed by atoms with Crippen molar-refractivity contribution in [2.45, 2.75) is 82.4 Å². The molecule has 2 aliphatic heterocycles. The second kappa shape index (κ2) is 24.7. The number of ether oxygens (including phenoxy) is 8. The molecule has 1 N–H and O–H groups in total. The number of rotatable bonds is 24. The number of aromatic carboxylic acids is 1. The van der Waals surface area contributed by atoms with E-state index in [1.54, 1.807) is 38.5 Å². The summed E-state index contributed by atoms with van der Waals surface area (Å²) in [6, 6.07) is 33.5. The first kappa shape index (κ1) is 45.8. The van der Waals surface area contributed by atoms with E-state index in [0.717, 1.165) is 47.1 Å². The number of benzene rings is 4. The highest BCUT2D eigenvalue weighted by Gasteiger charge is 2.49. The highest BCUT2D eigenvalue weighted by atomic mass is 16.7. The highest BCUT2D eigenvalue weighted by Crippen LogP contribution is 2.33. The molecule has 0 radical (unpaired) electrons. The summed E-state index contributed by atoms with van der Waals surface area (Å²) in [5, 5.41) is 9.68. The van der Waals surface area contributed by atoms with E-state index in [0.29, 0.717) is 52.5 Å². The summed E-state index contributed by atoms with van der Waals surface area (Å²) in [5.74, 6) is -1.02. The summed E-state index contributed by atoms with van der Waals surface area (Å²) in [6.45, 7) is 2.82. The number of carbonyl (C=O) groups excluding carboxylic acids is 1. The lowest BCUT2D eigenvalue weighted by atomic mass is 9.90. The van der Waals surface area contributed by atoms with E-state index < -0.39 is 30.3 Å². The molecule has 6 rings (SSSR count). The summed E-state index contributed by atoms with van der Waals surface area (Å²) in [6.07, 6.45) is 2.26. The second-order valence-electron chi connectivity index (χ2n) is 15.3. The van der Waals surface area contributed by atoms with Crippen LogP contribution in [-0.4, -0.2) is 118 Å². The molecular formula is C48H60N2O11. The van der Waals surface area contributed by atoms with Crippen molar-refractivity contribution < 1.29 is 52.6 Å². The third kappa shape index (κ3) is 13.9. The van der Waals surface area contributed by atoms with E-state index in [4.69, 9.17) is 37.9 Å². The van der Waals surface area contributed by atoms with Gasteiger partial charge in [-0.25, -0.2) is 9.59 Å². The average Bonchev–Trinajstić information content (AvgIpc) is 3.36. The van der Waals surface area contributed by atoms with Gasteiger partial charge in [-0.3, -0.25) is 0 Å². The van der Waals surface area contributed by atoms with Crippen LogP contribution in [0.3, 0.4) is 0 Å². The minimum atomic E-state index is -1.02. The SMILES string of the molecule is COCCOCOC1C(OCOCCOC)C(Cc2ccccc2)N(Cc2ccc(C(=O)O)cc2)C(=O)N(Cc2ccc(COC3CCCCO3)cc2)C1Cc1ccccc1. The summed E-state index contributed by atoms with van der Waals surface area (Å²) < 4.78 is 47.9. The number of hydrogen-bond acceptors (Lipinski definition) is 10.